The molecule has 0 amide bonds. The van der Waals surface area contributed by atoms with E-state index in [0.717, 1.165) is 16.8 Å². The number of halogens is 1. The summed E-state index contributed by atoms with van der Waals surface area (Å²) in [5.74, 6) is -0.501. The van der Waals surface area contributed by atoms with Crippen molar-refractivity contribution in [1.82, 2.24) is 29.1 Å². The van der Waals surface area contributed by atoms with Gasteiger partial charge in [0, 0.05) is 25.1 Å². The van der Waals surface area contributed by atoms with Gasteiger partial charge in [0.25, 0.3) is 5.56 Å². The summed E-state index contributed by atoms with van der Waals surface area (Å²) in [5.41, 5.74) is 5.37. The van der Waals surface area contributed by atoms with Gasteiger partial charge in [-0.3, -0.25) is 37.0 Å². The zero-order valence-corrected chi connectivity index (χ0v) is 33.5. The number of H-pyrrole nitrogens is 1. The van der Waals surface area contributed by atoms with Gasteiger partial charge in [-0.1, -0.05) is 12.1 Å². The van der Waals surface area contributed by atoms with Crippen molar-refractivity contribution in [3.63, 3.8) is 0 Å². The van der Waals surface area contributed by atoms with E-state index in [0.29, 0.717) is 16.9 Å². The van der Waals surface area contributed by atoms with Crippen molar-refractivity contribution in [2.24, 2.45) is 0 Å². The molecular weight excluding hydrogens is 859 g/mol. The number of ether oxygens (including phenoxy) is 4. The van der Waals surface area contributed by atoms with E-state index >= 15 is 4.39 Å². The highest BCUT2D eigenvalue weighted by atomic mass is 32.7. The molecule has 2 aromatic carbocycles. The first kappa shape index (κ1) is 41.9. The van der Waals surface area contributed by atoms with Gasteiger partial charge in [-0.25, -0.2) is 38.1 Å². The summed E-state index contributed by atoms with van der Waals surface area (Å²) < 4.78 is 92.9. The average Bonchev–Trinajstić information content (AvgIpc) is 3.89. The van der Waals surface area contributed by atoms with E-state index in [4.69, 9.17) is 42.8 Å². The number of anilines is 1. The Labute approximate surface area is 340 Å². The minimum atomic E-state index is -5.24. The fraction of sp³-hybridized carbons (Fsp3) is 0.353. The lowest BCUT2D eigenvalue weighted by Gasteiger charge is -2.28. The van der Waals surface area contributed by atoms with Crippen LogP contribution >= 0.6 is 26.0 Å². The van der Waals surface area contributed by atoms with Crippen molar-refractivity contribution >= 4 is 49.0 Å². The third-order valence-electron chi connectivity index (χ3n) is 9.54. The average molecular weight is 894 g/mol. The Balaban J connectivity index is 1.10. The van der Waals surface area contributed by atoms with Crippen molar-refractivity contribution in [3.8, 4) is 11.5 Å². The zero-order valence-electron chi connectivity index (χ0n) is 30.9. The lowest BCUT2D eigenvalue weighted by atomic mass is 10.1. The largest absolute Gasteiger partial charge is 0.508 e. The normalized spacial score (nSPS) is 30.9. The number of esters is 1. The molecule has 5 N–H and O–H groups in total. The van der Waals surface area contributed by atoms with Gasteiger partial charge in [-0.2, -0.15) is 0 Å². The molecule has 26 heteroatoms. The molecule has 0 spiro atoms. The maximum atomic E-state index is 16.2. The Kier molecular flexibility index (Phi) is 11.8. The van der Waals surface area contributed by atoms with Crippen LogP contribution in [0, 0.1) is 0 Å². The monoisotopic (exact) mass is 893 g/mol. The van der Waals surface area contributed by atoms with Crippen LogP contribution in [0.15, 0.2) is 83.0 Å². The fourth-order valence-corrected chi connectivity index (χ4v) is 10.9. The Morgan fingerprint density at radius 2 is 1.70 bits per heavy atom. The summed E-state index contributed by atoms with van der Waals surface area (Å²) in [4.78, 5) is 62.5. The number of benzene rings is 2. The second-order valence-corrected chi connectivity index (χ2v) is 18.8. The first-order valence-corrected chi connectivity index (χ1v) is 22.4. The molecule has 0 radical (unpaired) electrons. The lowest BCUT2D eigenvalue weighted by molar-refractivity contribution is -0.0668. The zero-order chi connectivity index (χ0) is 42.3. The van der Waals surface area contributed by atoms with E-state index in [1.807, 2.05) is 4.98 Å². The molecule has 3 saturated heterocycles. The molecule has 22 nitrogen and oxygen atoms in total. The molecular formula is C34H34FN7O15P2S. The van der Waals surface area contributed by atoms with E-state index in [1.165, 1.54) is 60.7 Å². The third-order valence-corrected chi connectivity index (χ3v) is 14.2. The molecule has 0 aliphatic carbocycles. The Bertz CT molecular complexity index is 2600. The Morgan fingerprint density at radius 3 is 2.43 bits per heavy atom. The van der Waals surface area contributed by atoms with Crippen LogP contribution in [0.25, 0.3) is 11.2 Å². The smallest absolute Gasteiger partial charge is 0.472 e. The van der Waals surface area contributed by atoms with Crippen molar-refractivity contribution in [2.75, 3.05) is 26.1 Å². The summed E-state index contributed by atoms with van der Waals surface area (Å²) in [6.07, 6.45) is -9.21. The van der Waals surface area contributed by atoms with Crippen LogP contribution in [0.5, 0.6) is 11.5 Å². The first-order valence-electron chi connectivity index (χ1n) is 17.8. The second kappa shape index (κ2) is 16.9. The number of fused-ring (bicyclic) bond motifs is 4. The van der Waals surface area contributed by atoms with Gasteiger partial charge in [-0.05, 0) is 53.3 Å². The maximum Gasteiger partial charge on any atom is 0.472 e. The van der Waals surface area contributed by atoms with E-state index in [-0.39, 0.29) is 39.8 Å². The number of imidazole rings is 1. The lowest BCUT2D eigenvalue weighted by Crippen LogP contribution is -2.38. The number of phenolic OH excluding ortho intramolecular Hbond substituents is 1. The van der Waals surface area contributed by atoms with Crippen molar-refractivity contribution in [2.45, 2.75) is 54.9 Å². The summed E-state index contributed by atoms with van der Waals surface area (Å²) in [6.45, 7) is -6.10. The molecule has 0 saturated carbocycles. The van der Waals surface area contributed by atoms with Crippen LogP contribution in [0.3, 0.4) is 0 Å². The van der Waals surface area contributed by atoms with Crippen LogP contribution in [-0.2, 0) is 47.2 Å². The molecule has 3 aromatic heterocycles. The van der Waals surface area contributed by atoms with Gasteiger partial charge < -0.3 is 34.7 Å². The number of carbonyl (C=O) groups is 1. The molecule has 2 bridgehead atoms. The molecule has 5 aromatic rings. The van der Waals surface area contributed by atoms with Crippen LogP contribution < -0.4 is 21.7 Å². The molecule has 3 aliphatic heterocycles. The molecule has 60 heavy (non-hydrogen) atoms. The number of phenols is 1. The van der Waals surface area contributed by atoms with E-state index in [1.54, 1.807) is 12.1 Å². The third kappa shape index (κ3) is 8.67. The topological polar surface area (TPSA) is 290 Å². The van der Waals surface area contributed by atoms with E-state index in [2.05, 4.69) is 15.0 Å². The van der Waals surface area contributed by atoms with E-state index in [9.17, 15) is 33.5 Å². The maximum absolute atomic E-state index is 16.2. The predicted octanol–water partition coefficient (Wildman–Crippen LogP) is 2.99. The number of carbonyl (C=O) groups excluding carboxylic acids is 1. The van der Waals surface area contributed by atoms with Gasteiger partial charge in [0.1, 0.15) is 53.9 Å². The number of rotatable bonds is 8. The van der Waals surface area contributed by atoms with Crippen LogP contribution in [0.4, 0.5) is 10.2 Å². The minimum Gasteiger partial charge on any atom is -0.508 e. The highest BCUT2D eigenvalue weighted by Gasteiger charge is 2.55. The van der Waals surface area contributed by atoms with Crippen LogP contribution in [0.2, 0.25) is 0 Å². The molecule has 3 fully saturated rings. The van der Waals surface area contributed by atoms with Crippen LogP contribution in [0.1, 0.15) is 28.4 Å². The predicted molar refractivity (Wildman–Crippen MR) is 204 cm³/mol. The molecule has 2 unspecified atom stereocenters. The van der Waals surface area contributed by atoms with Crippen molar-refractivity contribution in [1.29, 1.82) is 0 Å². The molecule has 6 heterocycles. The molecule has 10 atom stereocenters. The highest BCUT2D eigenvalue weighted by molar-refractivity contribution is 8.54. The van der Waals surface area contributed by atoms with Gasteiger partial charge >= 0.3 is 26.3 Å². The standard InChI is InChI=1S/C34H34FN7O15P2S/c1-50-28-26-22(55-32(28)42-16-39-25-29(36)37-15-38-30(25)42)13-51-58(47,48)56-27-24(35)21(54-31(27)41-11-10-23(44)40-34(41)46)12-52-59(49,57-26)60-14-17-2-8-20(9-3-17)53-33(45)18-4-6-19(43)7-5-18/h2-11,15-16,21-22,24,26-28,31-32,43H,12-14H2,1H3,(H,47,48)(H2,36,37,38)(H,40,44,46)/t21?,22-,24-,26-,27-,28-,31-,32-,59-/m1/s1. The van der Waals surface area contributed by atoms with Crippen LogP contribution in [-0.4, -0.2) is 102 Å². The number of aromatic hydroxyl groups is 1. The Hall–Kier alpha value is -4.84. The number of nitrogens with zero attached hydrogens (tertiary/aromatic N) is 5. The number of nitrogens with one attached hydrogen (secondary N) is 1. The summed E-state index contributed by atoms with van der Waals surface area (Å²) in [7, 11) is -3.92. The fourth-order valence-electron chi connectivity index (χ4n) is 6.63. The van der Waals surface area contributed by atoms with E-state index < -0.39 is 94.2 Å². The number of nitrogens with two attached hydrogens (primary N) is 1. The number of aromatic nitrogens is 6. The van der Waals surface area contributed by atoms with Crippen molar-refractivity contribution < 1.29 is 65.4 Å². The molecule has 318 valence electrons. The number of nitrogen functional groups attached to an aromatic ring is 1. The number of aromatic amines is 1. The highest BCUT2D eigenvalue weighted by Crippen LogP contribution is 2.64. The quantitative estimate of drug-likeness (QED) is 0.0989. The molecule has 3 aliphatic rings. The first-order chi connectivity index (χ1) is 28.7. The SMILES string of the molecule is CO[C@@H]1[C@@H]2O[P@](=O)(SCc3ccc(OC(=O)c4ccc(O)cc4)cc3)OCC3O[C@@H](n4ccc(=O)[nH]c4=O)[C@H](OP(=O)(O)OC[C@H]2O[C@H]1n1cnc2c(N)ncnc21)[C@@H]3F. The second-order valence-electron chi connectivity index (χ2n) is 13.4. The Morgan fingerprint density at radius 1 is 0.967 bits per heavy atom. The summed E-state index contributed by atoms with van der Waals surface area (Å²) >= 11 is 0.683. The number of hydrogen-bond donors (Lipinski definition) is 4. The summed E-state index contributed by atoms with van der Waals surface area (Å²) in [6, 6.07) is 12.6. The van der Waals surface area contributed by atoms with Gasteiger partial charge in [0.15, 0.2) is 30.1 Å². The number of phosphoric ester groups is 1. The molecule has 8 rings (SSSR count). The summed E-state index contributed by atoms with van der Waals surface area (Å²) in [5, 5.41) is 9.52. The van der Waals surface area contributed by atoms with Gasteiger partial charge in [0.05, 0.1) is 25.1 Å². The number of phosphoric acid groups is 1. The van der Waals surface area contributed by atoms with Crippen molar-refractivity contribution in [3.05, 3.63) is 105 Å². The number of methoxy groups -OCH3 is 1. The van der Waals surface area contributed by atoms with Gasteiger partial charge in [-0.15, -0.1) is 0 Å². The number of hydrogen-bond acceptors (Lipinski definition) is 19. The minimum absolute atomic E-state index is 0.0203. The van der Waals surface area contributed by atoms with Gasteiger partial charge in [0.2, 0.25) is 0 Å². The number of alkyl halides is 1.